The largest absolute Gasteiger partial charge is 0.496 e. The normalized spacial score (nSPS) is 10.1. The van der Waals surface area contributed by atoms with Gasteiger partial charge in [0, 0.05) is 18.1 Å². The number of methoxy groups -OCH3 is 2. The number of aliphatic carboxylic acids is 1. The summed E-state index contributed by atoms with van der Waals surface area (Å²) in [6.07, 6.45) is 0.282. The van der Waals surface area contributed by atoms with Crippen LogP contribution in [-0.4, -0.2) is 25.3 Å². The molecule has 4 nitrogen and oxygen atoms in total. The van der Waals surface area contributed by atoms with Crippen molar-refractivity contribution in [3.63, 3.8) is 0 Å². The predicted molar refractivity (Wildman–Crippen MR) is 60.3 cm³/mol. The summed E-state index contributed by atoms with van der Waals surface area (Å²) in [6.45, 7) is -0.659. The molecule has 1 N–H and O–H groups in total. The monoisotopic (exact) mass is 242 g/mol. The van der Waals surface area contributed by atoms with Crippen LogP contribution in [0.4, 0.5) is 4.39 Å². The summed E-state index contributed by atoms with van der Waals surface area (Å²) in [7, 11) is 2.93. The molecule has 1 rings (SSSR count). The highest BCUT2D eigenvalue weighted by Crippen LogP contribution is 2.30. The van der Waals surface area contributed by atoms with Crippen molar-refractivity contribution < 1.29 is 23.8 Å². The predicted octanol–water partition coefficient (Wildman–Crippen LogP) is 2.19. The number of carbonyl (C=O) groups is 1. The third kappa shape index (κ3) is 3.34. The lowest BCUT2D eigenvalue weighted by Crippen LogP contribution is -2.01. The van der Waals surface area contributed by atoms with Gasteiger partial charge < -0.3 is 14.6 Å². The lowest BCUT2D eigenvalue weighted by molar-refractivity contribution is -0.136. The van der Waals surface area contributed by atoms with Gasteiger partial charge in [0.25, 0.3) is 0 Å². The second kappa shape index (κ2) is 6.08. The molecule has 0 aliphatic carbocycles. The maximum absolute atomic E-state index is 12.8. The number of halogens is 1. The van der Waals surface area contributed by atoms with Gasteiger partial charge in [-0.05, 0) is 18.1 Å². The van der Waals surface area contributed by atoms with Gasteiger partial charge in [0.05, 0.1) is 14.2 Å². The van der Waals surface area contributed by atoms with Crippen LogP contribution in [0.5, 0.6) is 11.5 Å². The lowest BCUT2D eigenvalue weighted by atomic mass is 10.0. The van der Waals surface area contributed by atoms with E-state index in [4.69, 9.17) is 14.6 Å². The molecular weight excluding hydrogens is 227 g/mol. The SMILES string of the molecule is COc1cc(OC)c(CCC(=O)O)cc1CF. The second-order valence-electron chi connectivity index (χ2n) is 3.50. The molecule has 0 fully saturated rings. The van der Waals surface area contributed by atoms with E-state index in [2.05, 4.69) is 0 Å². The lowest BCUT2D eigenvalue weighted by Gasteiger charge is -2.12. The van der Waals surface area contributed by atoms with Crippen molar-refractivity contribution in [3.05, 3.63) is 23.3 Å². The Hall–Kier alpha value is -1.78. The van der Waals surface area contributed by atoms with E-state index in [0.717, 1.165) is 0 Å². The number of aryl methyl sites for hydroxylation is 1. The Morgan fingerprint density at radius 2 is 1.82 bits per heavy atom. The van der Waals surface area contributed by atoms with Crippen molar-refractivity contribution in [2.45, 2.75) is 19.5 Å². The molecule has 5 heteroatoms. The molecule has 0 heterocycles. The number of carboxylic acid groups (broad SMARTS) is 1. The van der Waals surface area contributed by atoms with Crippen molar-refractivity contribution in [3.8, 4) is 11.5 Å². The van der Waals surface area contributed by atoms with E-state index in [-0.39, 0.29) is 6.42 Å². The summed E-state index contributed by atoms with van der Waals surface area (Å²) in [5.74, 6) is 0.0217. The summed E-state index contributed by atoms with van der Waals surface area (Å²) in [4.78, 5) is 10.5. The molecule has 0 atom stereocenters. The Bertz CT molecular complexity index is 404. The first kappa shape index (κ1) is 13.3. The molecule has 0 aromatic heterocycles. The fourth-order valence-corrected chi connectivity index (χ4v) is 1.58. The number of benzene rings is 1. The van der Waals surface area contributed by atoms with Crippen molar-refractivity contribution in [2.24, 2.45) is 0 Å². The van der Waals surface area contributed by atoms with E-state index in [0.29, 0.717) is 29.0 Å². The molecule has 0 saturated carbocycles. The summed E-state index contributed by atoms with van der Waals surface area (Å²) < 4.78 is 22.9. The summed E-state index contributed by atoms with van der Waals surface area (Å²) in [5, 5.41) is 8.63. The van der Waals surface area contributed by atoms with E-state index >= 15 is 0 Å². The molecule has 17 heavy (non-hydrogen) atoms. The van der Waals surface area contributed by atoms with Crippen LogP contribution in [0.15, 0.2) is 12.1 Å². The molecule has 0 aliphatic rings. The van der Waals surface area contributed by atoms with Crippen LogP contribution in [0.2, 0.25) is 0 Å². The molecule has 0 bridgehead atoms. The molecular formula is C12H15FO4. The number of hydrogen-bond acceptors (Lipinski definition) is 3. The average molecular weight is 242 g/mol. The smallest absolute Gasteiger partial charge is 0.303 e. The first-order valence-corrected chi connectivity index (χ1v) is 5.14. The summed E-state index contributed by atoms with van der Waals surface area (Å²) in [5.41, 5.74) is 1.07. The molecule has 0 spiro atoms. The molecule has 0 unspecified atom stereocenters. The van der Waals surface area contributed by atoms with E-state index in [1.165, 1.54) is 14.2 Å². The van der Waals surface area contributed by atoms with Gasteiger partial charge in [0.1, 0.15) is 18.2 Å². The Balaban J connectivity index is 3.05. The molecule has 0 saturated heterocycles. The average Bonchev–Trinajstić information content (AvgIpc) is 2.34. The van der Waals surface area contributed by atoms with Gasteiger partial charge in [0.2, 0.25) is 0 Å². The second-order valence-corrected chi connectivity index (χ2v) is 3.50. The van der Waals surface area contributed by atoms with Gasteiger partial charge >= 0.3 is 5.97 Å². The van der Waals surface area contributed by atoms with Gasteiger partial charge in [-0.25, -0.2) is 4.39 Å². The third-order valence-corrected chi connectivity index (χ3v) is 2.44. The topological polar surface area (TPSA) is 55.8 Å². The zero-order valence-electron chi connectivity index (χ0n) is 9.83. The Labute approximate surface area is 99.0 Å². The van der Waals surface area contributed by atoms with Crippen molar-refractivity contribution in [1.29, 1.82) is 0 Å². The first-order chi connectivity index (χ1) is 8.12. The van der Waals surface area contributed by atoms with Crippen molar-refractivity contribution in [2.75, 3.05) is 14.2 Å². The molecule has 0 aliphatic heterocycles. The van der Waals surface area contributed by atoms with Gasteiger partial charge in [-0.3, -0.25) is 4.79 Å². The number of rotatable bonds is 6. The first-order valence-electron chi connectivity index (χ1n) is 5.14. The van der Waals surface area contributed by atoms with Gasteiger partial charge in [0.15, 0.2) is 0 Å². The van der Waals surface area contributed by atoms with Crippen molar-refractivity contribution in [1.82, 2.24) is 0 Å². The number of carboxylic acids is 1. The zero-order valence-corrected chi connectivity index (χ0v) is 9.83. The number of hydrogen-bond donors (Lipinski definition) is 1. The van der Waals surface area contributed by atoms with Crippen LogP contribution >= 0.6 is 0 Å². The van der Waals surface area contributed by atoms with Crippen LogP contribution in [-0.2, 0) is 17.9 Å². The van der Waals surface area contributed by atoms with E-state index in [1.54, 1.807) is 12.1 Å². The fourth-order valence-electron chi connectivity index (χ4n) is 1.58. The molecule has 0 radical (unpaired) electrons. The Morgan fingerprint density at radius 3 is 2.29 bits per heavy atom. The minimum atomic E-state index is -0.898. The summed E-state index contributed by atoms with van der Waals surface area (Å²) >= 11 is 0. The van der Waals surface area contributed by atoms with E-state index in [9.17, 15) is 9.18 Å². The standard InChI is InChI=1S/C12H15FO4/c1-16-10-6-11(17-2)9(7-13)5-8(10)3-4-12(14)15/h5-6H,3-4,7H2,1-2H3,(H,14,15). The zero-order chi connectivity index (χ0) is 12.8. The minimum Gasteiger partial charge on any atom is -0.496 e. The minimum absolute atomic E-state index is 0.0194. The highest BCUT2D eigenvalue weighted by atomic mass is 19.1. The summed E-state index contributed by atoms with van der Waals surface area (Å²) in [6, 6.07) is 3.16. The fraction of sp³-hybridized carbons (Fsp3) is 0.417. The van der Waals surface area contributed by atoms with Crippen LogP contribution < -0.4 is 9.47 Å². The van der Waals surface area contributed by atoms with Gasteiger partial charge in [-0.1, -0.05) is 0 Å². The maximum atomic E-state index is 12.8. The third-order valence-electron chi connectivity index (χ3n) is 2.44. The van der Waals surface area contributed by atoms with Gasteiger partial charge in [-0.2, -0.15) is 0 Å². The van der Waals surface area contributed by atoms with Crippen molar-refractivity contribution >= 4 is 5.97 Å². The van der Waals surface area contributed by atoms with Crippen LogP contribution in [0.1, 0.15) is 17.5 Å². The Kier molecular flexibility index (Phi) is 4.75. The van der Waals surface area contributed by atoms with Gasteiger partial charge in [-0.15, -0.1) is 0 Å². The number of alkyl halides is 1. The number of ether oxygens (including phenoxy) is 2. The maximum Gasteiger partial charge on any atom is 0.303 e. The van der Waals surface area contributed by atoms with E-state index in [1.807, 2.05) is 0 Å². The molecule has 94 valence electrons. The quantitative estimate of drug-likeness (QED) is 0.830. The van der Waals surface area contributed by atoms with Crippen LogP contribution in [0.25, 0.3) is 0 Å². The molecule has 1 aromatic carbocycles. The van der Waals surface area contributed by atoms with E-state index < -0.39 is 12.6 Å². The molecule has 0 amide bonds. The molecule has 1 aromatic rings. The highest BCUT2D eigenvalue weighted by Gasteiger charge is 2.12. The highest BCUT2D eigenvalue weighted by molar-refractivity contribution is 5.67. The van der Waals surface area contributed by atoms with Crippen LogP contribution in [0.3, 0.4) is 0 Å². The Morgan fingerprint density at radius 1 is 1.24 bits per heavy atom. The van der Waals surface area contributed by atoms with Crippen LogP contribution in [0, 0.1) is 0 Å².